The van der Waals surface area contributed by atoms with Crippen LogP contribution in [-0.2, 0) is 28.3 Å². The van der Waals surface area contributed by atoms with Gasteiger partial charge in [-0.15, -0.1) is 0 Å². The standard InChI is InChI=1S/C26H27N3O4/c1-17(20-8-9-20)28(14-18-5-3-2-4-6-18)23(31)15-29-24(32)26(27-25(29)33)12-11-21-13-19(16-30)7-10-22(21)26/h2-7,10-13,17,20,30H,8-9,14-16H2,1H3,(H,27,33). The van der Waals surface area contributed by atoms with Gasteiger partial charge in [0.2, 0.25) is 5.91 Å². The van der Waals surface area contributed by atoms with E-state index >= 15 is 0 Å². The predicted molar refractivity (Wildman–Crippen MR) is 122 cm³/mol. The smallest absolute Gasteiger partial charge is 0.326 e. The Balaban J connectivity index is 1.37. The molecule has 2 atom stereocenters. The Labute approximate surface area is 192 Å². The summed E-state index contributed by atoms with van der Waals surface area (Å²) in [6.07, 6.45) is 5.61. The van der Waals surface area contributed by atoms with Gasteiger partial charge in [-0.25, -0.2) is 4.79 Å². The van der Waals surface area contributed by atoms with E-state index in [9.17, 15) is 19.5 Å². The second-order valence-corrected chi connectivity index (χ2v) is 9.13. The molecule has 7 heteroatoms. The van der Waals surface area contributed by atoms with E-state index in [0.717, 1.165) is 34.4 Å². The summed E-state index contributed by atoms with van der Waals surface area (Å²) in [6, 6.07) is 14.5. The summed E-state index contributed by atoms with van der Waals surface area (Å²) in [5.41, 5.74) is 1.87. The molecular weight excluding hydrogens is 418 g/mol. The SMILES string of the molecule is CC(C1CC1)N(Cc1ccccc1)C(=O)CN1C(=O)NC2(C=Cc3cc(CO)ccc32)C1=O. The maximum absolute atomic E-state index is 13.5. The molecule has 2 aliphatic carbocycles. The van der Waals surface area contributed by atoms with Crippen molar-refractivity contribution in [1.29, 1.82) is 0 Å². The maximum Gasteiger partial charge on any atom is 0.326 e. The number of carbonyl (C=O) groups is 3. The third-order valence-electron chi connectivity index (χ3n) is 6.97. The van der Waals surface area contributed by atoms with Gasteiger partial charge in [-0.1, -0.05) is 48.5 Å². The van der Waals surface area contributed by atoms with Gasteiger partial charge in [-0.2, -0.15) is 0 Å². The third-order valence-corrected chi connectivity index (χ3v) is 6.97. The van der Waals surface area contributed by atoms with Gasteiger partial charge < -0.3 is 15.3 Å². The summed E-state index contributed by atoms with van der Waals surface area (Å²) in [5, 5.41) is 12.2. The number of carbonyl (C=O) groups excluding carboxylic acids is 3. The van der Waals surface area contributed by atoms with Crippen LogP contribution in [0.25, 0.3) is 6.08 Å². The fourth-order valence-electron chi connectivity index (χ4n) is 4.84. The highest BCUT2D eigenvalue weighted by molar-refractivity contribution is 6.12. The van der Waals surface area contributed by atoms with Gasteiger partial charge in [0.05, 0.1) is 6.61 Å². The molecule has 170 valence electrons. The summed E-state index contributed by atoms with van der Waals surface area (Å²) in [7, 11) is 0. The first-order valence-electron chi connectivity index (χ1n) is 11.3. The summed E-state index contributed by atoms with van der Waals surface area (Å²) in [4.78, 5) is 42.6. The van der Waals surface area contributed by atoms with E-state index < -0.39 is 17.5 Å². The van der Waals surface area contributed by atoms with E-state index in [4.69, 9.17) is 0 Å². The molecule has 4 amide bonds. The van der Waals surface area contributed by atoms with Crippen LogP contribution in [0.4, 0.5) is 4.79 Å². The number of fused-ring (bicyclic) bond motifs is 2. The number of nitrogens with zero attached hydrogens (tertiary/aromatic N) is 2. The van der Waals surface area contributed by atoms with Crippen molar-refractivity contribution in [2.75, 3.05) is 6.54 Å². The minimum atomic E-state index is -1.30. The Morgan fingerprint density at radius 1 is 1.18 bits per heavy atom. The highest BCUT2D eigenvalue weighted by Crippen LogP contribution is 2.40. The Bertz CT molecular complexity index is 1140. The van der Waals surface area contributed by atoms with Gasteiger partial charge >= 0.3 is 6.03 Å². The van der Waals surface area contributed by atoms with Crippen molar-refractivity contribution in [2.24, 2.45) is 5.92 Å². The number of rotatable bonds is 7. The number of benzene rings is 2. The molecule has 1 aliphatic heterocycles. The molecule has 33 heavy (non-hydrogen) atoms. The topological polar surface area (TPSA) is 90.0 Å². The molecule has 1 spiro atoms. The van der Waals surface area contributed by atoms with Crippen LogP contribution in [0.15, 0.2) is 54.6 Å². The lowest BCUT2D eigenvalue weighted by molar-refractivity contribution is -0.140. The fraction of sp³-hybridized carbons (Fsp3) is 0.346. The quantitative estimate of drug-likeness (QED) is 0.642. The second-order valence-electron chi connectivity index (χ2n) is 9.13. The van der Waals surface area contributed by atoms with Crippen molar-refractivity contribution in [2.45, 2.75) is 44.5 Å². The molecule has 2 N–H and O–H groups in total. The van der Waals surface area contributed by atoms with Crippen LogP contribution in [0.5, 0.6) is 0 Å². The van der Waals surface area contributed by atoms with E-state index in [1.54, 1.807) is 35.3 Å². The first-order valence-corrected chi connectivity index (χ1v) is 11.3. The maximum atomic E-state index is 13.5. The van der Waals surface area contributed by atoms with Crippen LogP contribution in [0.1, 0.15) is 42.0 Å². The van der Waals surface area contributed by atoms with Crippen LogP contribution in [-0.4, -0.2) is 45.3 Å². The van der Waals surface area contributed by atoms with Gasteiger partial charge in [0, 0.05) is 12.6 Å². The van der Waals surface area contributed by atoms with Crippen LogP contribution in [0.3, 0.4) is 0 Å². The molecule has 3 aliphatic rings. The first kappa shape index (κ1) is 21.4. The van der Waals surface area contributed by atoms with Crippen molar-refractivity contribution < 1.29 is 19.5 Å². The van der Waals surface area contributed by atoms with Gasteiger partial charge in [0.1, 0.15) is 6.54 Å². The molecule has 0 bridgehead atoms. The van der Waals surface area contributed by atoms with E-state index in [2.05, 4.69) is 5.32 Å². The number of hydrogen-bond acceptors (Lipinski definition) is 4. The van der Waals surface area contributed by atoms with Gasteiger partial charge in [0.15, 0.2) is 5.54 Å². The Morgan fingerprint density at radius 2 is 1.94 bits per heavy atom. The van der Waals surface area contributed by atoms with Crippen molar-refractivity contribution in [1.82, 2.24) is 15.1 Å². The van der Waals surface area contributed by atoms with Crippen LogP contribution >= 0.6 is 0 Å². The van der Waals surface area contributed by atoms with Crippen molar-refractivity contribution in [3.05, 3.63) is 76.9 Å². The van der Waals surface area contributed by atoms with Gasteiger partial charge in [-0.3, -0.25) is 14.5 Å². The first-order chi connectivity index (χ1) is 15.9. The van der Waals surface area contributed by atoms with Crippen LogP contribution in [0, 0.1) is 5.92 Å². The highest BCUT2D eigenvalue weighted by Gasteiger charge is 2.54. The number of aliphatic hydroxyl groups excluding tert-OH is 1. The lowest BCUT2D eigenvalue weighted by Gasteiger charge is -2.31. The number of hydrogen-bond donors (Lipinski definition) is 2. The molecule has 0 radical (unpaired) electrons. The number of urea groups is 1. The molecule has 1 saturated carbocycles. The zero-order valence-electron chi connectivity index (χ0n) is 18.5. The third kappa shape index (κ3) is 3.72. The molecule has 5 rings (SSSR count). The van der Waals surface area contributed by atoms with Crippen LogP contribution in [0.2, 0.25) is 0 Å². The molecule has 2 fully saturated rings. The minimum absolute atomic E-state index is 0.0384. The Kier molecular flexibility index (Phi) is 5.29. The average molecular weight is 446 g/mol. The van der Waals surface area contributed by atoms with Gasteiger partial charge in [-0.05, 0) is 60.1 Å². The zero-order chi connectivity index (χ0) is 23.2. The molecule has 2 aromatic carbocycles. The molecule has 2 unspecified atom stereocenters. The van der Waals surface area contributed by atoms with Gasteiger partial charge in [0.25, 0.3) is 5.91 Å². The average Bonchev–Trinajstić information content (AvgIpc) is 3.58. The Hall–Kier alpha value is -3.45. The molecule has 0 aromatic heterocycles. The minimum Gasteiger partial charge on any atom is -0.392 e. The van der Waals surface area contributed by atoms with Crippen LogP contribution < -0.4 is 5.32 Å². The van der Waals surface area contributed by atoms with E-state index in [-0.39, 0.29) is 25.1 Å². The molecular formula is C26H27N3O4. The molecule has 1 saturated heterocycles. The van der Waals surface area contributed by atoms with E-state index in [0.29, 0.717) is 18.0 Å². The molecule has 7 nitrogen and oxygen atoms in total. The van der Waals surface area contributed by atoms with Crippen molar-refractivity contribution in [3.63, 3.8) is 0 Å². The predicted octanol–water partition coefficient (Wildman–Crippen LogP) is 2.78. The fourth-order valence-corrected chi connectivity index (χ4v) is 4.84. The van der Waals surface area contributed by atoms with E-state index in [1.165, 1.54) is 0 Å². The largest absolute Gasteiger partial charge is 0.392 e. The number of nitrogens with one attached hydrogen (secondary N) is 1. The second kappa shape index (κ2) is 8.15. The molecule has 1 heterocycles. The lowest BCUT2D eigenvalue weighted by Crippen LogP contribution is -2.47. The van der Waals surface area contributed by atoms with Crippen molar-refractivity contribution >= 4 is 23.9 Å². The molecule has 2 aromatic rings. The summed E-state index contributed by atoms with van der Waals surface area (Å²) in [6.45, 7) is 2.08. The monoisotopic (exact) mass is 445 g/mol. The summed E-state index contributed by atoms with van der Waals surface area (Å²) in [5.74, 6) is -0.236. The Morgan fingerprint density at radius 3 is 2.64 bits per heavy atom. The number of amides is 4. The zero-order valence-corrected chi connectivity index (χ0v) is 18.5. The van der Waals surface area contributed by atoms with E-state index in [1.807, 2.05) is 37.3 Å². The summed E-state index contributed by atoms with van der Waals surface area (Å²) >= 11 is 0. The lowest BCUT2D eigenvalue weighted by atomic mass is 9.91. The van der Waals surface area contributed by atoms with Crippen molar-refractivity contribution in [3.8, 4) is 0 Å². The number of aliphatic hydroxyl groups is 1. The normalized spacial score (nSPS) is 21.9. The highest BCUT2D eigenvalue weighted by atomic mass is 16.3. The summed E-state index contributed by atoms with van der Waals surface area (Å²) < 4.78 is 0. The number of imide groups is 1.